The van der Waals surface area contributed by atoms with Crippen LogP contribution in [0.25, 0.3) is 0 Å². The van der Waals surface area contributed by atoms with E-state index in [0.29, 0.717) is 5.56 Å². The Hall–Kier alpha value is -1.20. The minimum absolute atomic E-state index is 0.153. The van der Waals surface area contributed by atoms with Gasteiger partial charge in [0.15, 0.2) is 0 Å². The number of benzene rings is 1. The van der Waals surface area contributed by atoms with Gasteiger partial charge in [0.2, 0.25) is 0 Å². The van der Waals surface area contributed by atoms with Gasteiger partial charge in [-0.3, -0.25) is 9.78 Å². The molecule has 2 aromatic rings. The van der Waals surface area contributed by atoms with Crippen molar-refractivity contribution in [2.24, 2.45) is 0 Å². The fourth-order valence-electron chi connectivity index (χ4n) is 1.50. The van der Waals surface area contributed by atoms with Crippen molar-refractivity contribution in [3.63, 3.8) is 0 Å². The van der Waals surface area contributed by atoms with Crippen molar-refractivity contribution in [2.75, 3.05) is 5.32 Å². The van der Waals surface area contributed by atoms with Crippen molar-refractivity contribution < 1.29 is 4.79 Å². The van der Waals surface area contributed by atoms with Crippen LogP contribution in [0.3, 0.4) is 0 Å². The molecular formula is C13H10Br2N2O. The Labute approximate surface area is 122 Å². The number of aromatic nitrogens is 1. The predicted octanol–water partition coefficient (Wildman–Crippen LogP) is 4.17. The average molecular weight is 370 g/mol. The van der Waals surface area contributed by atoms with Crippen molar-refractivity contribution in [2.45, 2.75) is 6.92 Å². The van der Waals surface area contributed by atoms with E-state index in [1.165, 1.54) is 0 Å². The molecule has 1 aromatic carbocycles. The zero-order chi connectivity index (χ0) is 13.1. The maximum Gasteiger partial charge on any atom is 0.256 e. The number of nitrogens with zero attached hydrogens (tertiary/aromatic N) is 1. The van der Waals surface area contributed by atoms with Crippen LogP contribution in [0.5, 0.6) is 0 Å². The Morgan fingerprint density at radius 2 is 2.00 bits per heavy atom. The minimum Gasteiger partial charge on any atom is -0.322 e. The third-order valence-corrected chi connectivity index (χ3v) is 3.48. The lowest BCUT2D eigenvalue weighted by Gasteiger charge is -2.07. The van der Waals surface area contributed by atoms with Crippen LogP contribution in [-0.4, -0.2) is 10.9 Å². The number of hydrogen-bond donors (Lipinski definition) is 1. The van der Waals surface area contributed by atoms with Crippen LogP contribution >= 0.6 is 31.9 Å². The molecule has 5 heteroatoms. The van der Waals surface area contributed by atoms with Crippen LogP contribution in [0.2, 0.25) is 0 Å². The summed E-state index contributed by atoms with van der Waals surface area (Å²) in [5.41, 5.74) is 2.19. The third-order valence-electron chi connectivity index (χ3n) is 2.33. The van der Waals surface area contributed by atoms with Crippen molar-refractivity contribution in [1.82, 2.24) is 4.98 Å². The van der Waals surface area contributed by atoms with Crippen molar-refractivity contribution in [3.8, 4) is 0 Å². The van der Waals surface area contributed by atoms with Gasteiger partial charge in [0.05, 0.1) is 5.56 Å². The number of halogens is 2. The van der Waals surface area contributed by atoms with Crippen LogP contribution in [0.15, 0.2) is 45.5 Å². The summed E-state index contributed by atoms with van der Waals surface area (Å²) in [4.78, 5) is 16.2. The number of carbonyl (C=O) groups excluding carboxylic acids is 1. The SMILES string of the molecule is Cc1cc(NC(=O)c2ccc(Br)cc2Br)ccn1. The number of nitrogens with one attached hydrogen (secondary N) is 1. The highest BCUT2D eigenvalue weighted by molar-refractivity contribution is 9.11. The third kappa shape index (κ3) is 3.17. The summed E-state index contributed by atoms with van der Waals surface area (Å²) in [6, 6.07) is 9.02. The van der Waals surface area contributed by atoms with E-state index in [-0.39, 0.29) is 5.91 Å². The molecule has 1 aromatic heterocycles. The van der Waals surface area contributed by atoms with E-state index >= 15 is 0 Å². The van der Waals surface area contributed by atoms with E-state index in [1.54, 1.807) is 18.3 Å². The molecule has 0 saturated heterocycles. The lowest BCUT2D eigenvalue weighted by molar-refractivity contribution is 0.102. The first-order valence-corrected chi connectivity index (χ1v) is 6.84. The van der Waals surface area contributed by atoms with Gasteiger partial charge in [0.1, 0.15) is 0 Å². The summed E-state index contributed by atoms with van der Waals surface area (Å²) in [7, 11) is 0. The normalized spacial score (nSPS) is 10.2. The van der Waals surface area contributed by atoms with E-state index in [1.807, 2.05) is 25.1 Å². The summed E-state index contributed by atoms with van der Waals surface area (Å²) < 4.78 is 1.67. The van der Waals surface area contributed by atoms with Crippen LogP contribution in [-0.2, 0) is 0 Å². The van der Waals surface area contributed by atoms with Gasteiger partial charge in [-0.25, -0.2) is 0 Å². The molecular weight excluding hydrogens is 360 g/mol. The molecule has 1 heterocycles. The predicted molar refractivity (Wildman–Crippen MR) is 78.8 cm³/mol. The maximum atomic E-state index is 12.1. The van der Waals surface area contributed by atoms with Gasteiger partial charge >= 0.3 is 0 Å². The quantitative estimate of drug-likeness (QED) is 0.863. The monoisotopic (exact) mass is 368 g/mol. The van der Waals surface area contributed by atoms with E-state index in [0.717, 1.165) is 20.3 Å². The number of pyridine rings is 1. The van der Waals surface area contributed by atoms with Gasteiger partial charge < -0.3 is 5.32 Å². The smallest absolute Gasteiger partial charge is 0.256 e. The Balaban J connectivity index is 2.22. The molecule has 0 fully saturated rings. The molecule has 3 nitrogen and oxygen atoms in total. The molecule has 0 radical (unpaired) electrons. The molecule has 0 bridgehead atoms. The second-order valence-corrected chi connectivity index (χ2v) is 5.53. The lowest BCUT2D eigenvalue weighted by Crippen LogP contribution is -2.12. The summed E-state index contributed by atoms with van der Waals surface area (Å²) in [6.07, 6.45) is 1.67. The first kappa shape index (κ1) is 13.2. The molecule has 18 heavy (non-hydrogen) atoms. The molecule has 1 amide bonds. The van der Waals surface area contributed by atoms with E-state index in [4.69, 9.17) is 0 Å². The Morgan fingerprint density at radius 3 is 2.67 bits per heavy atom. The van der Waals surface area contributed by atoms with Crippen LogP contribution < -0.4 is 5.32 Å². The minimum atomic E-state index is -0.153. The van der Waals surface area contributed by atoms with Gasteiger partial charge in [-0.05, 0) is 53.2 Å². The van der Waals surface area contributed by atoms with Crippen LogP contribution in [0, 0.1) is 6.92 Å². The molecule has 0 aliphatic rings. The topological polar surface area (TPSA) is 42.0 Å². The van der Waals surface area contributed by atoms with Gasteiger partial charge in [-0.15, -0.1) is 0 Å². The van der Waals surface area contributed by atoms with E-state index in [9.17, 15) is 4.79 Å². The first-order valence-electron chi connectivity index (χ1n) is 5.25. The highest BCUT2D eigenvalue weighted by Crippen LogP contribution is 2.22. The number of aryl methyl sites for hydroxylation is 1. The van der Waals surface area contributed by atoms with Crippen molar-refractivity contribution in [1.29, 1.82) is 0 Å². The fraction of sp³-hybridized carbons (Fsp3) is 0.0769. The first-order chi connectivity index (χ1) is 8.56. The number of anilines is 1. The zero-order valence-corrected chi connectivity index (χ0v) is 12.7. The molecule has 0 aliphatic carbocycles. The number of hydrogen-bond acceptors (Lipinski definition) is 2. The summed E-state index contributed by atoms with van der Waals surface area (Å²) in [5, 5.41) is 2.84. The van der Waals surface area contributed by atoms with Gasteiger partial charge in [-0.1, -0.05) is 15.9 Å². The molecule has 2 rings (SSSR count). The standard InChI is InChI=1S/C13H10Br2N2O/c1-8-6-10(4-5-16-8)17-13(18)11-3-2-9(14)7-12(11)15/h2-7H,1H3,(H,16,17,18). The number of carbonyl (C=O) groups is 1. The molecule has 0 unspecified atom stereocenters. The van der Waals surface area contributed by atoms with Gasteiger partial charge in [-0.2, -0.15) is 0 Å². The Bertz CT molecular complexity index is 599. The largest absolute Gasteiger partial charge is 0.322 e. The molecule has 1 N–H and O–H groups in total. The van der Waals surface area contributed by atoms with Gasteiger partial charge in [0, 0.05) is 26.5 Å². The van der Waals surface area contributed by atoms with Crippen molar-refractivity contribution >= 4 is 43.5 Å². The fourth-order valence-corrected chi connectivity index (χ4v) is 2.72. The summed E-state index contributed by atoms with van der Waals surface area (Å²) >= 11 is 6.72. The Kier molecular flexibility index (Phi) is 4.14. The maximum absolute atomic E-state index is 12.1. The molecule has 0 spiro atoms. The van der Waals surface area contributed by atoms with Crippen molar-refractivity contribution in [3.05, 3.63) is 56.7 Å². The van der Waals surface area contributed by atoms with E-state index < -0.39 is 0 Å². The zero-order valence-electron chi connectivity index (χ0n) is 9.58. The van der Waals surface area contributed by atoms with Crippen LogP contribution in [0.4, 0.5) is 5.69 Å². The second-order valence-electron chi connectivity index (χ2n) is 3.76. The molecule has 0 atom stereocenters. The highest BCUT2D eigenvalue weighted by atomic mass is 79.9. The van der Waals surface area contributed by atoms with E-state index in [2.05, 4.69) is 42.2 Å². The second kappa shape index (κ2) is 5.63. The summed E-state index contributed by atoms with van der Waals surface area (Å²) in [6.45, 7) is 1.88. The number of amides is 1. The molecule has 92 valence electrons. The number of rotatable bonds is 2. The highest BCUT2D eigenvalue weighted by Gasteiger charge is 2.10. The Morgan fingerprint density at radius 1 is 1.22 bits per heavy atom. The summed E-state index contributed by atoms with van der Waals surface area (Å²) in [5.74, 6) is -0.153. The molecule has 0 aliphatic heterocycles. The average Bonchev–Trinajstić information content (AvgIpc) is 2.28. The molecule has 0 saturated carbocycles. The lowest BCUT2D eigenvalue weighted by atomic mass is 10.2. The van der Waals surface area contributed by atoms with Gasteiger partial charge in [0.25, 0.3) is 5.91 Å². The van der Waals surface area contributed by atoms with Crippen LogP contribution in [0.1, 0.15) is 16.1 Å².